The molecule has 4 rings (SSSR count). The van der Waals surface area contributed by atoms with Gasteiger partial charge in [0.25, 0.3) is 5.91 Å². The number of nitrogens with zero attached hydrogens (tertiary/aromatic N) is 2. The second-order valence-electron chi connectivity index (χ2n) is 6.80. The summed E-state index contributed by atoms with van der Waals surface area (Å²) in [4.78, 5) is 25.9. The fourth-order valence-corrected chi connectivity index (χ4v) is 3.22. The first-order valence-electron chi connectivity index (χ1n) is 9.57. The molecule has 0 aliphatic heterocycles. The summed E-state index contributed by atoms with van der Waals surface area (Å²) in [5, 5.41) is 4.53. The number of ether oxygens (including phenoxy) is 1. The molecular weight excluding hydrogens is 376 g/mol. The molecule has 4 aromatic rings. The number of aromatic nitrogens is 2. The van der Waals surface area contributed by atoms with Gasteiger partial charge in [-0.1, -0.05) is 48.5 Å². The number of Topliss-reactive ketones (excluding diaryl/α,β-unsaturated/α-hetero) is 1. The molecule has 1 heterocycles. The second kappa shape index (κ2) is 8.57. The molecule has 0 radical (unpaired) electrons. The molecular formula is C25H20N2O3. The van der Waals surface area contributed by atoms with Crippen molar-refractivity contribution in [1.29, 1.82) is 0 Å². The van der Waals surface area contributed by atoms with Crippen LogP contribution in [0.25, 0.3) is 11.3 Å². The van der Waals surface area contributed by atoms with Gasteiger partial charge < -0.3 is 4.74 Å². The van der Waals surface area contributed by atoms with Crippen LogP contribution in [-0.2, 0) is 6.42 Å². The van der Waals surface area contributed by atoms with Gasteiger partial charge in [-0.05, 0) is 42.5 Å². The number of methoxy groups -OCH3 is 1. The van der Waals surface area contributed by atoms with Crippen LogP contribution in [-0.4, -0.2) is 28.6 Å². The largest absolute Gasteiger partial charge is 0.497 e. The average molecular weight is 396 g/mol. The van der Waals surface area contributed by atoms with E-state index in [0.717, 1.165) is 11.3 Å². The van der Waals surface area contributed by atoms with Crippen LogP contribution >= 0.6 is 0 Å². The van der Waals surface area contributed by atoms with Gasteiger partial charge in [0.1, 0.15) is 5.75 Å². The third-order valence-corrected chi connectivity index (χ3v) is 4.82. The minimum absolute atomic E-state index is 0.0705. The van der Waals surface area contributed by atoms with E-state index in [2.05, 4.69) is 5.10 Å². The Hall–Kier alpha value is -3.99. The minimum Gasteiger partial charge on any atom is -0.497 e. The van der Waals surface area contributed by atoms with Crippen LogP contribution in [0.3, 0.4) is 0 Å². The molecule has 5 heteroatoms. The summed E-state index contributed by atoms with van der Waals surface area (Å²) in [6.45, 7) is 0. The van der Waals surface area contributed by atoms with Gasteiger partial charge in [-0.15, -0.1) is 0 Å². The summed E-state index contributed by atoms with van der Waals surface area (Å²) < 4.78 is 6.54. The number of carbonyl (C=O) groups is 2. The van der Waals surface area contributed by atoms with E-state index in [0.29, 0.717) is 22.5 Å². The van der Waals surface area contributed by atoms with Gasteiger partial charge in [-0.3, -0.25) is 9.59 Å². The van der Waals surface area contributed by atoms with Crippen molar-refractivity contribution in [1.82, 2.24) is 9.78 Å². The topological polar surface area (TPSA) is 61.2 Å². The third kappa shape index (κ3) is 4.05. The van der Waals surface area contributed by atoms with Crippen molar-refractivity contribution in [3.05, 3.63) is 108 Å². The lowest BCUT2D eigenvalue weighted by molar-refractivity contribution is 0.0938. The van der Waals surface area contributed by atoms with E-state index in [9.17, 15) is 9.59 Å². The molecule has 30 heavy (non-hydrogen) atoms. The summed E-state index contributed by atoms with van der Waals surface area (Å²) in [7, 11) is 1.61. The van der Waals surface area contributed by atoms with E-state index < -0.39 is 0 Å². The first-order chi connectivity index (χ1) is 14.7. The minimum atomic E-state index is -0.272. The summed E-state index contributed by atoms with van der Waals surface area (Å²) in [5.41, 5.74) is 3.11. The highest BCUT2D eigenvalue weighted by Crippen LogP contribution is 2.23. The molecule has 0 atom stereocenters. The number of hydrogen-bond donors (Lipinski definition) is 0. The number of carbonyl (C=O) groups excluding carboxylic acids is 2. The van der Waals surface area contributed by atoms with Gasteiger partial charge in [-0.2, -0.15) is 9.78 Å². The maximum Gasteiger partial charge on any atom is 0.278 e. The number of rotatable bonds is 6. The van der Waals surface area contributed by atoms with Crippen LogP contribution in [0.2, 0.25) is 0 Å². The van der Waals surface area contributed by atoms with Gasteiger partial charge in [0.15, 0.2) is 5.78 Å². The summed E-state index contributed by atoms with van der Waals surface area (Å²) in [6.07, 6.45) is 0.0751. The summed E-state index contributed by atoms with van der Waals surface area (Å²) in [5.74, 6) is 0.392. The van der Waals surface area contributed by atoms with Gasteiger partial charge in [0.2, 0.25) is 0 Å². The fraction of sp³-hybridized carbons (Fsp3) is 0.0800. The molecule has 0 saturated heterocycles. The van der Waals surface area contributed by atoms with Crippen LogP contribution in [0.15, 0.2) is 91.0 Å². The standard InChI is InChI=1S/C25H20N2O3/c1-30-22-14-12-18(13-15-22)23-16-21(17-24(28)19-8-4-2-5-9-19)27(26-23)25(29)20-10-6-3-7-11-20/h2-16H,17H2,1H3. The number of benzene rings is 3. The van der Waals surface area contributed by atoms with Crippen molar-refractivity contribution in [3.8, 4) is 17.0 Å². The molecule has 0 unspecified atom stereocenters. The molecule has 0 saturated carbocycles. The van der Waals surface area contributed by atoms with Crippen molar-refractivity contribution in [2.75, 3.05) is 7.11 Å². The van der Waals surface area contributed by atoms with Crippen LogP contribution < -0.4 is 4.74 Å². The molecule has 0 aliphatic rings. The lowest BCUT2D eigenvalue weighted by atomic mass is 10.1. The Morgan fingerprint density at radius 3 is 2.03 bits per heavy atom. The Kier molecular flexibility index (Phi) is 5.52. The average Bonchev–Trinajstić information content (AvgIpc) is 3.23. The van der Waals surface area contributed by atoms with E-state index >= 15 is 0 Å². The van der Waals surface area contributed by atoms with E-state index in [-0.39, 0.29) is 18.1 Å². The Morgan fingerprint density at radius 1 is 0.833 bits per heavy atom. The van der Waals surface area contributed by atoms with Crippen molar-refractivity contribution >= 4 is 11.7 Å². The molecule has 0 aliphatic carbocycles. The monoisotopic (exact) mass is 396 g/mol. The van der Waals surface area contributed by atoms with Gasteiger partial charge >= 0.3 is 0 Å². The Morgan fingerprint density at radius 2 is 1.43 bits per heavy atom. The molecule has 3 aromatic carbocycles. The van der Waals surface area contributed by atoms with Crippen molar-refractivity contribution in [2.24, 2.45) is 0 Å². The lowest BCUT2D eigenvalue weighted by Gasteiger charge is -2.06. The Bertz CT molecular complexity index is 1160. The fourth-order valence-electron chi connectivity index (χ4n) is 3.22. The Balaban J connectivity index is 1.73. The van der Waals surface area contributed by atoms with E-state index in [4.69, 9.17) is 4.74 Å². The highest BCUT2D eigenvalue weighted by molar-refractivity contribution is 6.00. The highest BCUT2D eigenvalue weighted by Gasteiger charge is 2.19. The molecule has 5 nitrogen and oxygen atoms in total. The van der Waals surface area contributed by atoms with Gasteiger partial charge in [-0.25, -0.2) is 0 Å². The Labute approximate surface area is 174 Å². The SMILES string of the molecule is COc1ccc(-c2cc(CC(=O)c3ccccc3)n(C(=O)c3ccccc3)n2)cc1. The zero-order valence-corrected chi connectivity index (χ0v) is 16.5. The molecule has 1 aromatic heterocycles. The van der Waals surface area contributed by atoms with Crippen LogP contribution in [0, 0.1) is 0 Å². The molecule has 0 bridgehead atoms. The smallest absolute Gasteiger partial charge is 0.278 e. The van der Waals surface area contributed by atoms with E-state index in [1.54, 1.807) is 49.6 Å². The molecule has 0 fully saturated rings. The van der Waals surface area contributed by atoms with E-state index in [1.165, 1.54) is 4.68 Å². The van der Waals surface area contributed by atoms with Gasteiger partial charge in [0, 0.05) is 16.7 Å². The quantitative estimate of drug-likeness (QED) is 0.444. The first-order valence-corrected chi connectivity index (χ1v) is 9.57. The van der Waals surface area contributed by atoms with Crippen LogP contribution in [0.5, 0.6) is 5.75 Å². The lowest BCUT2D eigenvalue weighted by Crippen LogP contribution is -2.18. The maximum atomic E-state index is 13.1. The summed E-state index contributed by atoms with van der Waals surface area (Å²) >= 11 is 0. The zero-order valence-electron chi connectivity index (χ0n) is 16.5. The van der Waals surface area contributed by atoms with E-state index in [1.807, 2.05) is 48.5 Å². The molecule has 0 spiro atoms. The molecule has 0 amide bonds. The van der Waals surface area contributed by atoms with Crippen LogP contribution in [0.1, 0.15) is 26.4 Å². The molecule has 148 valence electrons. The van der Waals surface area contributed by atoms with Crippen molar-refractivity contribution in [2.45, 2.75) is 6.42 Å². The maximum absolute atomic E-state index is 13.1. The number of hydrogen-bond acceptors (Lipinski definition) is 4. The van der Waals surface area contributed by atoms with Crippen LogP contribution in [0.4, 0.5) is 0 Å². The normalized spacial score (nSPS) is 10.6. The zero-order chi connectivity index (χ0) is 20.9. The highest BCUT2D eigenvalue weighted by atomic mass is 16.5. The van der Waals surface area contributed by atoms with Crippen molar-refractivity contribution < 1.29 is 14.3 Å². The third-order valence-electron chi connectivity index (χ3n) is 4.82. The second-order valence-corrected chi connectivity index (χ2v) is 6.80. The van der Waals surface area contributed by atoms with Crippen molar-refractivity contribution in [3.63, 3.8) is 0 Å². The first kappa shape index (κ1) is 19.3. The predicted molar refractivity (Wildman–Crippen MR) is 115 cm³/mol. The van der Waals surface area contributed by atoms with Gasteiger partial charge in [0.05, 0.1) is 24.9 Å². The number of ketones is 1. The molecule has 0 N–H and O–H groups in total. The predicted octanol–water partition coefficient (Wildman–Crippen LogP) is 4.67. The summed E-state index contributed by atoms with van der Waals surface area (Å²) in [6, 6.07) is 27.2.